The fourth-order valence-electron chi connectivity index (χ4n) is 6.52. The van der Waals surface area contributed by atoms with Crippen LogP contribution in [-0.4, -0.2) is 17.3 Å². The van der Waals surface area contributed by atoms with Gasteiger partial charge in [0.2, 0.25) is 0 Å². The van der Waals surface area contributed by atoms with E-state index in [0.29, 0.717) is 24.0 Å². The lowest BCUT2D eigenvalue weighted by Gasteiger charge is -2.39. The SMILES string of the molecule is Cc1cc2c3c4c5c(cc(C)c14)C(=O)C1=C(C=CC1)C5C(=O)C3C1=C(CC=C1)C2=O. The first-order chi connectivity index (χ1) is 14.5. The summed E-state index contributed by atoms with van der Waals surface area (Å²) in [6.07, 6.45) is 9.12. The molecule has 2 aromatic carbocycles. The minimum Gasteiger partial charge on any atom is -0.298 e. The van der Waals surface area contributed by atoms with Crippen molar-refractivity contribution in [2.75, 3.05) is 0 Å². The molecule has 0 bridgehead atoms. The molecule has 3 heteroatoms. The van der Waals surface area contributed by atoms with Crippen molar-refractivity contribution in [1.29, 1.82) is 0 Å². The van der Waals surface area contributed by atoms with Crippen molar-refractivity contribution in [3.05, 3.63) is 92.1 Å². The summed E-state index contributed by atoms with van der Waals surface area (Å²) in [4.78, 5) is 40.8. The highest BCUT2D eigenvalue weighted by atomic mass is 16.1. The summed E-state index contributed by atoms with van der Waals surface area (Å²) < 4.78 is 0. The second kappa shape index (κ2) is 5.04. The largest absolute Gasteiger partial charge is 0.298 e. The summed E-state index contributed by atoms with van der Waals surface area (Å²) in [5, 5.41) is 2.07. The average molecular weight is 390 g/mol. The Kier molecular flexibility index (Phi) is 2.77. The molecule has 3 nitrogen and oxygen atoms in total. The predicted octanol–water partition coefficient (Wildman–Crippen LogP) is 5.11. The molecule has 0 saturated carbocycles. The normalized spacial score (nSPS) is 25.1. The van der Waals surface area contributed by atoms with Gasteiger partial charge in [0.15, 0.2) is 17.3 Å². The Hall–Kier alpha value is -3.33. The molecule has 7 rings (SSSR count). The smallest absolute Gasteiger partial charge is 0.189 e. The fourth-order valence-corrected chi connectivity index (χ4v) is 6.52. The van der Waals surface area contributed by atoms with Crippen LogP contribution in [0.2, 0.25) is 0 Å². The molecular formula is C27H18O3. The molecule has 0 aliphatic heterocycles. The van der Waals surface area contributed by atoms with Crippen molar-refractivity contribution in [2.24, 2.45) is 0 Å². The molecule has 0 saturated heterocycles. The third-order valence-corrected chi connectivity index (χ3v) is 7.62. The van der Waals surface area contributed by atoms with Gasteiger partial charge in [-0.25, -0.2) is 0 Å². The maximum atomic E-state index is 14.1. The molecule has 0 N–H and O–H groups in total. The van der Waals surface area contributed by atoms with Gasteiger partial charge in [-0.15, -0.1) is 0 Å². The Balaban J connectivity index is 1.74. The highest BCUT2D eigenvalue weighted by molar-refractivity contribution is 6.26. The molecule has 2 atom stereocenters. The number of carbonyl (C=O) groups excluding carboxylic acids is 3. The monoisotopic (exact) mass is 390 g/mol. The summed E-state index contributed by atoms with van der Waals surface area (Å²) in [6.45, 7) is 4.06. The van der Waals surface area contributed by atoms with E-state index in [1.165, 1.54) is 0 Å². The van der Waals surface area contributed by atoms with Crippen LogP contribution in [0.1, 0.15) is 67.6 Å². The van der Waals surface area contributed by atoms with E-state index in [-0.39, 0.29) is 17.3 Å². The average Bonchev–Trinajstić information content (AvgIpc) is 3.39. The van der Waals surface area contributed by atoms with E-state index < -0.39 is 11.8 Å². The molecule has 5 aliphatic rings. The van der Waals surface area contributed by atoms with Crippen LogP contribution in [-0.2, 0) is 4.79 Å². The van der Waals surface area contributed by atoms with E-state index in [0.717, 1.165) is 55.3 Å². The van der Waals surface area contributed by atoms with E-state index in [2.05, 4.69) is 0 Å². The van der Waals surface area contributed by atoms with Crippen molar-refractivity contribution >= 4 is 28.1 Å². The third kappa shape index (κ3) is 1.61. The Labute approximate surface area is 173 Å². The molecule has 144 valence electrons. The maximum absolute atomic E-state index is 14.1. The van der Waals surface area contributed by atoms with Crippen molar-refractivity contribution in [2.45, 2.75) is 38.5 Å². The third-order valence-electron chi connectivity index (χ3n) is 7.62. The zero-order chi connectivity index (χ0) is 20.5. The van der Waals surface area contributed by atoms with Gasteiger partial charge in [-0.1, -0.05) is 24.3 Å². The first-order valence-electron chi connectivity index (χ1n) is 10.5. The topological polar surface area (TPSA) is 51.2 Å². The van der Waals surface area contributed by atoms with Gasteiger partial charge in [-0.2, -0.15) is 0 Å². The quantitative estimate of drug-likeness (QED) is 0.628. The fraction of sp³-hybridized carbons (Fsp3) is 0.222. The standard InChI is InChI=1S/C27H18O3/c1-11-9-17-20-22(13-5-3-7-15(13)25(17)28)27(30)23-14-6-4-8-16(14)26(29)18-10-12(2)19(11)24(20)21(18)23/h3-6,9-10,22-23H,7-8H2,1-2H3. The van der Waals surface area contributed by atoms with Crippen LogP contribution in [0.3, 0.4) is 0 Å². The number of carbonyl (C=O) groups is 3. The van der Waals surface area contributed by atoms with Crippen molar-refractivity contribution in [3.63, 3.8) is 0 Å². The van der Waals surface area contributed by atoms with E-state index in [1.807, 2.05) is 50.3 Å². The van der Waals surface area contributed by atoms with Gasteiger partial charge in [-0.05, 0) is 83.0 Å². The van der Waals surface area contributed by atoms with Crippen LogP contribution >= 0.6 is 0 Å². The Bertz CT molecular complexity index is 1350. The number of fused-ring (bicyclic) bond motifs is 2. The summed E-state index contributed by atoms with van der Waals surface area (Å²) in [7, 11) is 0. The van der Waals surface area contributed by atoms with Crippen LogP contribution in [0.25, 0.3) is 10.8 Å². The molecule has 0 aromatic heterocycles. The van der Waals surface area contributed by atoms with Crippen LogP contribution in [0, 0.1) is 13.8 Å². The zero-order valence-corrected chi connectivity index (χ0v) is 16.8. The van der Waals surface area contributed by atoms with E-state index in [1.54, 1.807) is 0 Å². The number of hydrogen-bond acceptors (Lipinski definition) is 3. The number of ketones is 3. The van der Waals surface area contributed by atoms with Crippen LogP contribution < -0.4 is 0 Å². The lowest BCUT2D eigenvalue weighted by atomic mass is 9.61. The summed E-state index contributed by atoms with van der Waals surface area (Å²) in [5.41, 5.74) is 8.33. The van der Waals surface area contributed by atoms with Crippen LogP contribution in [0.5, 0.6) is 0 Å². The molecule has 0 fully saturated rings. The second-order valence-electron chi connectivity index (χ2n) is 9.07. The van der Waals surface area contributed by atoms with Gasteiger partial charge in [0.05, 0.1) is 11.8 Å². The first kappa shape index (κ1) is 16.5. The maximum Gasteiger partial charge on any atom is 0.189 e. The molecule has 0 heterocycles. The number of benzene rings is 2. The molecule has 0 spiro atoms. The number of allylic oxidation sites excluding steroid dienone is 8. The van der Waals surface area contributed by atoms with Crippen LogP contribution in [0.15, 0.2) is 58.7 Å². The molecule has 5 aliphatic carbocycles. The van der Waals surface area contributed by atoms with Crippen molar-refractivity contribution in [1.82, 2.24) is 0 Å². The molecule has 2 aromatic rings. The molecule has 0 amide bonds. The number of rotatable bonds is 0. The Morgan fingerprint density at radius 1 is 0.700 bits per heavy atom. The predicted molar refractivity (Wildman–Crippen MR) is 114 cm³/mol. The Morgan fingerprint density at radius 3 is 1.63 bits per heavy atom. The highest BCUT2D eigenvalue weighted by Crippen LogP contribution is 2.56. The van der Waals surface area contributed by atoms with Crippen molar-refractivity contribution < 1.29 is 14.4 Å². The number of hydrogen-bond donors (Lipinski definition) is 0. The summed E-state index contributed by atoms with van der Waals surface area (Å²) in [6, 6.07) is 3.93. The second-order valence-corrected chi connectivity index (χ2v) is 9.07. The Morgan fingerprint density at radius 2 is 1.17 bits per heavy atom. The molecule has 2 unspecified atom stereocenters. The van der Waals surface area contributed by atoms with Crippen LogP contribution in [0.4, 0.5) is 0 Å². The first-order valence-corrected chi connectivity index (χ1v) is 10.5. The van der Waals surface area contributed by atoms with Gasteiger partial charge in [0, 0.05) is 22.3 Å². The zero-order valence-electron chi connectivity index (χ0n) is 16.8. The minimum absolute atomic E-state index is 0.0376. The number of Topliss-reactive ketones (excluding diaryl/α,β-unsaturated/α-hetero) is 3. The molecular weight excluding hydrogens is 372 g/mol. The highest BCUT2D eigenvalue weighted by Gasteiger charge is 2.50. The van der Waals surface area contributed by atoms with Gasteiger partial charge in [0.25, 0.3) is 0 Å². The van der Waals surface area contributed by atoms with Gasteiger partial charge >= 0.3 is 0 Å². The van der Waals surface area contributed by atoms with E-state index in [9.17, 15) is 14.4 Å². The van der Waals surface area contributed by atoms with Gasteiger partial charge in [0.1, 0.15) is 0 Å². The van der Waals surface area contributed by atoms with Crippen molar-refractivity contribution in [3.8, 4) is 0 Å². The number of aryl methyl sites for hydroxylation is 2. The molecule has 0 radical (unpaired) electrons. The summed E-state index contributed by atoms with van der Waals surface area (Å²) in [5.74, 6) is -0.654. The van der Waals surface area contributed by atoms with E-state index in [4.69, 9.17) is 0 Å². The molecule has 30 heavy (non-hydrogen) atoms. The van der Waals surface area contributed by atoms with Gasteiger partial charge in [-0.3, -0.25) is 14.4 Å². The summed E-state index contributed by atoms with van der Waals surface area (Å²) >= 11 is 0. The lowest BCUT2D eigenvalue weighted by Crippen LogP contribution is -2.36. The lowest BCUT2D eigenvalue weighted by molar-refractivity contribution is -0.120. The van der Waals surface area contributed by atoms with E-state index >= 15 is 0 Å². The van der Waals surface area contributed by atoms with Gasteiger partial charge < -0.3 is 0 Å². The minimum atomic E-state index is -0.419.